The molecule has 1 aromatic heterocycles. The Morgan fingerprint density at radius 3 is 2.58 bits per heavy atom. The van der Waals surface area contributed by atoms with Crippen molar-refractivity contribution < 1.29 is 9.18 Å². The van der Waals surface area contributed by atoms with E-state index in [0.29, 0.717) is 22.5 Å². The highest BCUT2D eigenvalue weighted by atomic mass is 19.1. The van der Waals surface area contributed by atoms with Crippen LogP contribution in [0.2, 0.25) is 0 Å². The summed E-state index contributed by atoms with van der Waals surface area (Å²) in [5.41, 5.74) is 3.19. The van der Waals surface area contributed by atoms with E-state index in [1.165, 1.54) is 12.4 Å². The lowest BCUT2D eigenvalue weighted by Gasteiger charge is -2.34. The summed E-state index contributed by atoms with van der Waals surface area (Å²) in [6, 6.07) is 10.4. The van der Waals surface area contributed by atoms with Crippen LogP contribution >= 0.6 is 0 Å². The maximum absolute atomic E-state index is 14.8. The third-order valence-electron chi connectivity index (χ3n) is 4.86. The largest absolute Gasteiger partial charge is 0.367 e. The molecule has 26 heavy (non-hydrogen) atoms. The molecule has 3 aromatic rings. The molecule has 6 heteroatoms. The minimum Gasteiger partial charge on any atom is -0.367 e. The van der Waals surface area contributed by atoms with Gasteiger partial charge in [-0.15, -0.1) is 0 Å². The van der Waals surface area contributed by atoms with Gasteiger partial charge in [0.05, 0.1) is 16.9 Å². The van der Waals surface area contributed by atoms with Crippen LogP contribution < -0.4 is 4.90 Å². The number of hydrogen-bond acceptors (Lipinski definition) is 5. The molecule has 2 heterocycles. The average Bonchev–Trinajstić information content (AvgIpc) is 2.68. The van der Waals surface area contributed by atoms with Gasteiger partial charge in [-0.1, -0.05) is 6.07 Å². The minimum atomic E-state index is -0.259. The first-order valence-electron chi connectivity index (χ1n) is 8.59. The van der Waals surface area contributed by atoms with Crippen molar-refractivity contribution in [3.63, 3.8) is 0 Å². The van der Waals surface area contributed by atoms with Crippen molar-refractivity contribution in [2.24, 2.45) is 0 Å². The molecule has 1 fully saturated rings. The van der Waals surface area contributed by atoms with E-state index < -0.39 is 0 Å². The first-order chi connectivity index (χ1) is 12.7. The fourth-order valence-electron chi connectivity index (χ4n) is 3.34. The Balaban J connectivity index is 1.74. The van der Waals surface area contributed by atoms with Crippen molar-refractivity contribution in [2.45, 2.75) is 0 Å². The van der Waals surface area contributed by atoms with Gasteiger partial charge in [0.2, 0.25) is 0 Å². The summed E-state index contributed by atoms with van der Waals surface area (Å²) < 4.78 is 14.8. The molecule has 0 bridgehead atoms. The van der Waals surface area contributed by atoms with E-state index in [0.717, 1.165) is 43.4 Å². The Hall–Kier alpha value is -2.86. The van der Waals surface area contributed by atoms with Crippen LogP contribution in [0.5, 0.6) is 0 Å². The molecule has 0 N–H and O–H groups in total. The van der Waals surface area contributed by atoms with Crippen molar-refractivity contribution in [1.82, 2.24) is 14.9 Å². The lowest BCUT2D eigenvalue weighted by atomic mass is 10.0. The van der Waals surface area contributed by atoms with Crippen LogP contribution in [-0.2, 0) is 0 Å². The first kappa shape index (κ1) is 16.6. The molecule has 132 valence electrons. The second-order valence-electron chi connectivity index (χ2n) is 6.57. The number of fused-ring (bicyclic) bond motifs is 1. The van der Waals surface area contributed by atoms with Gasteiger partial charge in [-0.25, -0.2) is 14.4 Å². The number of halogens is 1. The second kappa shape index (κ2) is 6.80. The summed E-state index contributed by atoms with van der Waals surface area (Å²) in [4.78, 5) is 24.0. The number of carbonyl (C=O) groups excluding carboxylic acids is 1. The van der Waals surface area contributed by atoms with Gasteiger partial charge in [-0.2, -0.15) is 0 Å². The number of piperazine rings is 1. The number of likely N-dealkylation sites (N-methyl/N-ethyl adjacent to an activating group) is 1. The zero-order valence-corrected chi connectivity index (χ0v) is 14.5. The first-order valence-corrected chi connectivity index (χ1v) is 8.59. The zero-order valence-electron chi connectivity index (χ0n) is 14.5. The Morgan fingerprint density at radius 2 is 1.85 bits per heavy atom. The second-order valence-corrected chi connectivity index (χ2v) is 6.57. The fraction of sp³-hybridized carbons (Fsp3) is 0.250. The number of nitrogens with zero attached hydrogens (tertiary/aromatic N) is 4. The number of aromatic nitrogens is 2. The van der Waals surface area contributed by atoms with E-state index in [4.69, 9.17) is 0 Å². The smallest absolute Gasteiger partial charge is 0.150 e. The van der Waals surface area contributed by atoms with Gasteiger partial charge >= 0.3 is 0 Å². The summed E-state index contributed by atoms with van der Waals surface area (Å²) in [7, 11) is 2.07. The van der Waals surface area contributed by atoms with Gasteiger partial charge in [0.15, 0.2) is 0 Å². The monoisotopic (exact) mass is 350 g/mol. The number of carbonyl (C=O) groups is 1. The molecule has 0 aliphatic carbocycles. The third-order valence-corrected chi connectivity index (χ3v) is 4.86. The third kappa shape index (κ3) is 3.04. The molecule has 1 aliphatic heterocycles. The predicted octanol–water partition coefficient (Wildman–Crippen LogP) is 3.00. The SMILES string of the molecule is CN1CCN(c2ccc(-c3ncnc4ccc(C=O)cc34)cc2F)CC1. The van der Waals surface area contributed by atoms with Crippen LogP contribution in [0.25, 0.3) is 22.2 Å². The van der Waals surface area contributed by atoms with E-state index >= 15 is 0 Å². The highest BCUT2D eigenvalue weighted by molar-refractivity contribution is 5.95. The zero-order chi connectivity index (χ0) is 18.1. The summed E-state index contributed by atoms with van der Waals surface area (Å²) >= 11 is 0. The van der Waals surface area contributed by atoms with Gasteiger partial charge < -0.3 is 9.80 Å². The van der Waals surface area contributed by atoms with Crippen molar-refractivity contribution in [3.05, 3.63) is 54.1 Å². The number of benzene rings is 2. The molecular weight excluding hydrogens is 331 g/mol. The normalized spacial score (nSPS) is 15.4. The molecular formula is C20H19FN4O. The molecule has 0 spiro atoms. The molecule has 4 rings (SSSR count). The van der Waals surface area contributed by atoms with Crippen molar-refractivity contribution in [2.75, 3.05) is 38.1 Å². The van der Waals surface area contributed by atoms with Gasteiger partial charge in [-0.05, 0) is 37.4 Å². The highest BCUT2D eigenvalue weighted by Crippen LogP contribution is 2.30. The van der Waals surface area contributed by atoms with Crippen LogP contribution in [0, 0.1) is 5.82 Å². The van der Waals surface area contributed by atoms with E-state index in [9.17, 15) is 9.18 Å². The summed E-state index contributed by atoms with van der Waals surface area (Å²) in [5.74, 6) is -0.259. The number of anilines is 1. The summed E-state index contributed by atoms with van der Waals surface area (Å²) in [5, 5.41) is 0.740. The predicted molar refractivity (Wildman–Crippen MR) is 100 cm³/mol. The average molecular weight is 350 g/mol. The summed E-state index contributed by atoms with van der Waals surface area (Å²) in [6.07, 6.45) is 2.25. The van der Waals surface area contributed by atoms with Gasteiger partial charge in [0.25, 0.3) is 0 Å². The Labute approximate surface area is 151 Å². The lowest BCUT2D eigenvalue weighted by Crippen LogP contribution is -2.44. The van der Waals surface area contributed by atoms with E-state index in [-0.39, 0.29) is 5.82 Å². The van der Waals surface area contributed by atoms with Gasteiger partial charge in [0.1, 0.15) is 18.4 Å². The van der Waals surface area contributed by atoms with E-state index in [2.05, 4.69) is 26.8 Å². The molecule has 2 aromatic carbocycles. The number of hydrogen-bond donors (Lipinski definition) is 0. The lowest BCUT2D eigenvalue weighted by molar-refractivity contribution is 0.112. The van der Waals surface area contributed by atoms with Crippen LogP contribution in [0.3, 0.4) is 0 Å². The van der Waals surface area contributed by atoms with Crippen LogP contribution in [0.4, 0.5) is 10.1 Å². The van der Waals surface area contributed by atoms with Gasteiger partial charge in [-0.3, -0.25) is 4.79 Å². The highest BCUT2D eigenvalue weighted by Gasteiger charge is 2.18. The molecule has 0 saturated carbocycles. The van der Waals surface area contributed by atoms with Gasteiger partial charge in [0, 0.05) is 42.7 Å². The maximum Gasteiger partial charge on any atom is 0.150 e. The van der Waals surface area contributed by atoms with Crippen LogP contribution in [0.1, 0.15) is 10.4 Å². The molecule has 0 radical (unpaired) electrons. The Morgan fingerprint density at radius 1 is 1.04 bits per heavy atom. The number of rotatable bonds is 3. The number of aldehydes is 1. The van der Waals surface area contributed by atoms with Crippen LogP contribution in [0.15, 0.2) is 42.7 Å². The maximum atomic E-state index is 14.8. The molecule has 1 aliphatic rings. The van der Waals surface area contributed by atoms with Crippen molar-refractivity contribution in [1.29, 1.82) is 0 Å². The molecule has 0 unspecified atom stereocenters. The minimum absolute atomic E-state index is 0.259. The van der Waals surface area contributed by atoms with Crippen molar-refractivity contribution >= 4 is 22.9 Å². The van der Waals surface area contributed by atoms with E-state index in [1.807, 2.05) is 12.1 Å². The molecule has 5 nitrogen and oxygen atoms in total. The Kier molecular flexibility index (Phi) is 4.34. The topological polar surface area (TPSA) is 49.3 Å². The molecule has 0 amide bonds. The Bertz CT molecular complexity index is 967. The fourth-order valence-corrected chi connectivity index (χ4v) is 3.34. The molecule has 0 atom stereocenters. The van der Waals surface area contributed by atoms with E-state index in [1.54, 1.807) is 18.2 Å². The summed E-state index contributed by atoms with van der Waals surface area (Å²) in [6.45, 7) is 3.47. The quantitative estimate of drug-likeness (QED) is 0.680. The molecule has 1 saturated heterocycles. The standard InChI is InChI=1S/C20H19FN4O/c1-24-6-8-25(9-7-24)19-5-3-15(11-17(19)21)20-16-10-14(12-26)2-4-18(16)22-13-23-20/h2-5,10-13H,6-9H2,1H3. The van der Waals surface area contributed by atoms with Crippen LogP contribution in [-0.4, -0.2) is 54.4 Å². The van der Waals surface area contributed by atoms with Crippen molar-refractivity contribution in [3.8, 4) is 11.3 Å².